The molecule has 0 aliphatic carbocycles. The fraction of sp³-hybridized carbons (Fsp3) is 0.222. The van der Waals surface area contributed by atoms with E-state index in [-0.39, 0.29) is 5.56 Å². The van der Waals surface area contributed by atoms with E-state index >= 15 is 0 Å². The molecule has 0 aromatic heterocycles. The van der Waals surface area contributed by atoms with Crippen LogP contribution in [0.4, 0.5) is 0 Å². The van der Waals surface area contributed by atoms with Crippen molar-refractivity contribution in [3.8, 4) is 11.4 Å². The van der Waals surface area contributed by atoms with Crippen LogP contribution in [0.3, 0.4) is 0 Å². The number of hydrogen-bond donors (Lipinski definition) is 1. The second-order valence-electron chi connectivity index (χ2n) is 2.94. The van der Waals surface area contributed by atoms with Gasteiger partial charge in [0.1, 0.15) is 5.82 Å². The maximum atomic E-state index is 11.3. The van der Waals surface area contributed by atoms with Crippen LogP contribution >= 0.6 is 0 Å². The summed E-state index contributed by atoms with van der Waals surface area (Å²) in [4.78, 5) is 22.3. The molecule has 1 N–H and O–H groups in total. The minimum absolute atomic E-state index is 0.116. The smallest absolute Gasteiger partial charge is 0.253 e. The molecule has 4 nitrogen and oxygen atoms in total. The van der Waals surface area contributed by atoms with Crippen molar-refractivity contribution >= 4 is 0 Å². The number of aryl methyl sites for hydroxylation is 1. The third-order valence-corrected chi connectivity index (χ3v) is 1.95. The SMILES string of the molecule is Cc1nc2cc[nH]c(=O)c(C)c-2n1. The quantitative estimate of drug-likeness (QED) is 0.646. The first-order chi connectivity index (χ1) is 6.18. The molecule has 0 aromatic carbocycles. The van der Waals surface area contributed by atoms with Crippen LogP contribution in [0.2, 0.25) is 0 Å². The van der Waals surface area contributed by atoms with E-state index < -0.39 is 0 Å². The molecular formula is C9H9N3O. The zero-order valence-electron chi connectivity index (χ0n) is 7.46. The van der Waals surface area contributed by atoms with Gasteiger partial charge in [-0.2, -0.15) is 0 Å². The van der Waals surface area contributed by atoms with Crippen LogP contribution < -0.4 is 5.56 Å². The third kappa shape index (κ3) is 1.20. The van der Waals surface area contributed by atoms with E-state index in [9.17, 15) is 4.79 Å². The fourth-order valence-electron chi connectivity index (χ4n) is 1.28. The van der Waals surface area contributed by atoms with Crippen molar-refractivity contribution in [1.82, 2.24) is 15.0 Å². The lowest BCUT2D eigenvalue weighted by atomic mass is 10.2. The number of rotatable bonds is 0. The van der Waals surface area contributed by atoms with Crippen LogP contribution in [0.5, 0.6) is 0 Å². The number of imidazole rings is 1. The Balaban J connectivity index is 2.90. The molecule has 0 saturated carbocycles. The van der Waals surface area contributed by atoms with Gasteiger partial charge in [0.15, 0.2) is 0 Å². The van der Waals surface area contributed by atoms with Gasteiger partial charge in [0.25, 0.3) is 5.56 Å². The van der Waals surface area contributed by atoms with Crippen molar-refractivity contribution < 1.29 is 0 Å². The summed E-state index contributed by atoms with van der Waals surface area (Å²) in [6, 6.07) is 1.75. The van der Waals surface area contributed by atoms with Gasteiger partial charge in [-0.3, -0.25) is 4.79 Å². The number of fused-ring (bicyclic) bond motifs is 1. The molecule has 0 bridgehead atoms. The van der Waals surface area contributed by atoms with Crippen LogP contribution in [-0.4, -0.2) is 15.0 Å². The summed E-state index contributed by atoms with van der Waals surface area (Å²) in [5, 5.41) is 0. The molecule has 0 fully saturated rings. The summed E-state index contributed by atoms with van der Waals surface area (Å²) in [5.41, 5.74) is 1.94. The largest absolute Gasteiger partial charge is 0.329 e. The Hall–Kier alpha value is -1.71. The highest BCUT2D eigenvalue weighted by Crippen LogP contribution is 2.17. The van der Waals surface area contributed by atoms with Gasteiger partial charge in [-0.15, -0.1) is 0 Å². The number of hydrogen-bond acceptors (Lipinski definition) is 3. The number of nitrogens with zero attached hydrogens (tertiary/aromatic N) is 2. The zero-order chi connectivity index (χ0) is 9.42. The summed E-state index contributed by atoms with van der Waals surface area (Å²) in [5.74, 6) is 0.698. The highest BCUT2D eigenvalue weighted by Gasteiger charge is 2.10. The van der Waals surface area contributed by atoms with E-state index in [2.05, 4.69) is 15.0 Å². The van der Waals surface area contributed by atoms with E-state index in [1.165, 1.54) is 0 Å². The molecule has 0 amide bonds. The van der Waals surface area contributed by atoms with Gasteiger partial charge < -0.3 is 4.98 Å². The van der Waals surface area contributed by atoms with E-state index in [1.54, 1.807) is 19.2 Å². The van der Waals surface area contributed by atoms with Crippen LogP contribution in [0.1, 0.15) is 11.4 Å². The van der Waals surface area contributed by atoms with Crippen molar-refractivity contribution in [2.24, 2.45) is 0 Å². The predicted octanol–water partition coefficient (Wildman–Crippen LogP) is 0.887. The first-order valence-corrected chi connectivity index (χ1v) is 4.01. The Morgan fingerprint density at radius 2 is 2.08 bits per heavy atom. The van der Waals surface area contributed by atoms with Gasteiger partial charge >= 0.3 is 0 Å². The molecule has 13 heavy (non-hydrogen) atoms. The first-order valence-electron chi connectivity index (χ1n) is 4.01. The van der Waals surface area contributed by atoms with Crippen LogP contribution in [-0.2, 0) is 0 Å². The lowest BCUT2D eigenvalue weighted by Gasteiger charge is -1.88. The maximum Gasteiger partial charge on any atom is 0.253 e. The average Bonchev–Trinajstić information content (AvgIpc) is 2.40. The summed E-state index contributed by atoms with van der Waals surface area (Å²) < 4.78 is 0. The van der Waals surface area contributed by atoms with Gasteiger partial charge in [0.2, 0.25) is 0 Å². The maximum absolute atomic E-state index is 11.3. The number of nitrogens with one attached hydrogen (secondary N) is 1. The first kappa shape index (κ1) is 7.91. The number of aromatic nitrogens is 3. The highest BCUT2D eigenvalue weighted by molar-refractivity contribution is 5.58. The van der Waals surface area contributed by atoms with Gasteiger partial charge in [0.05, 0.1) is 11.4 Å². The summed E-state index contributed by atoms with van der Waals surface area (Å²) >= 11 is 0. The van der Waals surface area contributed by atoms with Crippen LogP contribution in [0.25, 0.3) is 11.4 Å². The van der Waals surface area contributed by atoms with Crippen molar-refractivity contribution in [3.63, 3.8) is 0 Å². The summed E-state index contributed by atoms with van der Waals surface area (Å²) in [6.45, 7) is 3.56. The van der Waals surface area contributed by atoms with E-state index in [1.807, 2.05) is 6.92 Å². The molecule has 0 atom stereocenters. The summed E-state index contributed by atoms with van der Waals surface area (Å²) in [6.07, 6.45) is 1.59. The fourth-order valence-corrected chi connectivity index (χ4v) is 1.28. The summed E-state index contributed by atoms with van der Waals surface area (Å²) in [7, 11) is 0. The van der Waals surface area contributed by atoms with E-state index in [0.29, 0.717) is 17.1 Å². The monoisotopic (exact) mass is 175 g/mol. The zero-order valence-corrected chi connectivity index (χ0v) is 7.46. The predicted molar refractivity (Wildman–Crippen MR) is 48.7 cm³/mol. The average molecular weight is 175 g/mol. The molecule has 2 rings (SSSR count). The van der Waals surface area contributed by atoms with E-state index in [0.717, 1.165) is 5.69 Å². The molecule has 2 heterocycles. The Bertz CT molecular complexity index is 475. The Labute approximate surface area is 75.0 Å². The Morgan fingerprint density at radius 1 is 1.31 bits per heavy atom. The van der Waals surface area contributed by atoms with Crippen LogP contribution in [0.15, 0.2) is 17.1 Å². The molecular weight excluding hydrogens is 166 g/mol. The van der Waals surface area contributed by atoms with Crippen molar-refractivity contribution in [1.29, 1.82) is 0 Å². The van der Waals surface area contributed by atoms with Gasteiger partial charge in [-0.1, -0.05) is 0 Å². The van der Waals surface area contributed by atoms with Crippen LogP contribution in [0, 0.1) is 13.8 Å². The highest BCUT2D eigenvalue weighted by atomic mass is 16.1. The van der Waals surface area contributed by atoms with Gasteiger partial charge in [0, 0.05) is 11.8 Å². The van der Waals surface area contributed by atoms with Crippen molar-refractivity contribution in [3.05, 3.63) is 34.0 Å². The Morgan fingerprint density at radius 3 is 2.85 bits per heavy atom. The normalized spacial score (nSPS) is 10.6. The van der Waals surface area contributed by atoms with Crippen molar-refractivity contribution in [2.75, 3.05) is 0 Å². The van der Waals surface area contributed by atoms with Gasteiger partial charge in [-0.05, 0) is 19.9 Å². The molecule has 0 aromatic rings. The molecule has 2 aliphatic heterocycles. The molecule has 0 spiro atoms. The molecule has 0 radical (unpaired) electrons. The lowest BCUT2D eigenvalue weighted by molar-refractivity contribution is 1.14. The Kier molecular flexibility index (Phi) is 1.62. The standard InChI is InChI=1S/C9H9N3O/c1-5-8-7(11-6(2)12-8)3-4-10-9(5)13/h3-4H,1-2H3,(H,10,13). The molecule has 0 unspecified atom stereocenters. The van der Waals surface area contributed by atoms with Gasteiger partial charge in [-0.25, -0.2) is 9.97 Å². The minimum Gasteiger partial charge on any atom is -0.329 e. The molecule has 2 aliphatic rings. The topological polar surface area (TPSA) is 58.6 Å². The second kappa shape index (κ2) is 2.65. The van der Waals surface area contributed by atoms with E-state index in [4.69, 9.17) is 0 Å². The lowest BCUT2D eigenvalue weighted by Crippen LogP contribution is -2.05. The molecule has 0 saturated heterocycles. The van der Waals surface area contributed by atoms with Crippen molar-refractivity contribution in [2.45, 2.75) is 13.8 Å². The minimum atomic E-state index is -0.116. The molecule has 66 valence electrons. The molecule has 4 heteroatoms. The number of H-pyrrole nitrogens is 1. The number of aromatic amines is 1. The second-order valence-corrected chi connectivity index (χ2v) is 2.94. The third-order valence-electron chi connectivity index (χ3n) is 1.95.